The summed E-state index contributed by atoms with van der Waals surface area (Å²) < 4.78 is 84.2. The Kier molecular flexibility index (Phi) is 8.19. The third-order valence-corrected chi connectivity index (χ3v) is 8.16. The number of aliphatic hydroxyl groups is 1. The molecule has 3 aromatic carbocycles. The normalized spacial score (nSPS) is 18.4. The molecular formula is C27H25F4NO5S. The van der Waals surface area contributed by atoms with Gasteiger partial charge in [-0.2, -0.15) is 17.5 Å². The zero-order chi connectivity index (χ0) is 27.5. The predicted molar refractivity (Wildman–Crippen MR) is 130 cm³/mol. The lowest BCUT2D eigenvalue weighted by Crippen LogP contribution is -2.40. The highest BCUT2D eigenvalue weighted by Crippen LogP contribution is 2.30. The standard InChI is InChI=1S/C27H25F4NO5S/c28-21-9-11-24(12-10-21)38(35,36)32-16-22(33)15-25(32)26(34)13-6-18-2-1-3-23(14-18)37-17-19-4-7-20(8-5-19)27(29,30)31/h1-5,7-12,14,22,25,33H,6,13,15-17H2/t22-,25-/m0/s1. The maximum Gasteiger partial charge on any atom is 0.416 e. The van der Waals surface area contributed by atoms with Gasteiger partial charge in [-0.05, 0) is 72.5 Å². The van der Waals surface area contributed by atoms with Crippen LogP contribution >= 0.6 is 0 Å². The summed E-state index contributed by atoms with van der Waals surface area (Å²) in [6, 6.07) is 14.8. The molecule has 202 valence electrons. The molecule has 1 saturated heterocycles. The van der Waals surface area contributed by atoms with Gasteiger partial charge in [0, 0.05) is 13.0 Å². The van der Waals surface area contributed by atoms with Crippen molar-refractivity contribution >= 4 is 15.8 Å². The average Bonchev–Trinajstić information content (AvgIpc) is 3.29. The van der Waals surface area contributed by atoms with Gasteiger partial charge in [-0.15, -0.1) is 0 Å². The third kappa shape index (κ3) is 6.58. The summed E-state index contributed by atoms with van der Waals surface area (Å²) in [4.78, 5) is 12.8. The molecule has 11 heteroatoms. The molecule has 6 nitrogen and oxygen atoms in total. The summed E-state index contributed by atoms with van der Waals surface area (Å²) in [5.41, 5.74) is 0.558. The molecule has 2 atom stereocenters. The molecule has 0 aromatic heterocycles. The largest absolute Gasteiger partial charge is 0.489 e. The highest BCUT2D eigenvalue weighted by atomic mass is 32.2. The van der Waals surface area contributed by atoms with E-state index in [1.807, 2.05) is 0 Å². The fraction of sp³-hybridized carbons (Fsp3) is 0.296. The van der Waals surface area contributed by atoms with Crippen molar-refractivity contribution in [2.45, 2.75) is 49.1 Å². The van der Waals surface area contributed by atoms with E-state index in [1.54, 1.807) is 24.3 Å². The molecule has 0 spiro atoms. The van der Waals surface area contributed by atoms with Gasteiger partial charge in [-0.1, -0.05) is 24.3 Å². The average molecular weight is 552 g/mol. The number of alkyl halides is 3. The zero-order valence-corrected chi connectivity index (χ0v) is 20.9. The Morgan fingerprint density at radius 1 is 1.00 bits per heavy atom. The van der Waals surface area contributed by atoms with E-state index in [4.69, 9.17) is 4.74 Å². The van der Waals surface area contributed by atoms with E-state index in [9.17, 15) is 35.9 Å². The lowest BCUT2D eigenvalue weighted by atomic mass is 10.0. The van der Waals surface area contributed by atoms with Crippen molar-refractivity contribution in [3.8, 4) is 5.75 Å². The van der Waals surface area contributed by atoms with Crippen LogP contribution in [0.3, 0.4) is 0 Å². The van der Waals surface area contributed by atoms with Gasteiger partial charge < -0.3 is 9.84 Å². The number of rotatable bonds is 9. The van der Waals surface area contributed by atoms with E-state index in [2.05, 4.69) is 0 Å². The molecular weight excluding hydrogens is 526 g/mol. The molecule has 1 aliphatic heterocycles. The van der Waals surface area contributed by atoms with E-state index < -0.39 is 39.7 Å². The monoisotopic (exact) mass is 551 g/mol. The second-order valence-corrected chi connectivity index (χ2v) is 10.9. The minimum atomic E-state index is -4.41. The summed E-state index contributed by atoms with van der Waals surface area (Å²) in [7, 11) is -4.11. The number of hydrogen-bond donors (Lipinski definition) is 1. The maximum absolute atomic E-state index is 13.2. The minimum Gasteiger partial charge on any atom is -0.489 e. The van der Waals surface area contributed by atoms with Gasteiger partial charge in [0.1, 0.15) is 18.2 Å². The van der Waals surface area contributed by atoms with E-state index in [0.717, 1.165) is 46.3 Å². The fourth-order valence-electron chi connectivity index (χ4n) is 4.27. The Morgan fingerprint density at radius 2 is 1.68 bits per heavy atom. The number of ether oxygens (including phenoxy) is 1. The van der Waals surface area contributed by atoms with Crippen LogP contribution in [0.4, 0.5) is 17.6 Å². The molecule has 1 heterocycles. The van der Waals surface area contributed by atoms with Crippen molar-refractivity contribution in [1.82, 2.24) is 4.31 Å². The van der Waals surface area contributed by atoms with Gasteiger partial charge in [0.25, 0.3) is 0 Å². The molecule has 1 N–H and O–H groups in total. The summed E-state index contributed by atoms with van der Waals surface area (Å²) in [6.07, 6.45) is -5.15. The number of carbonyl (C=O) groups is 1. The Morgan fingerprint density at radius 3 is 2.34 bits per heavy atom. The molecule has 0 radical (unpaired) electrons. The first kappa shape index (κ1) is 27.7. The van der Waals surface area contributed by atoms with Gasteiger partial charge in [0.05, 0.1) is 22.6 Å². The Labute approximate surface area is 217 Å². The van der Waals surface area contributed by atoms with Crippen LogP contribution in [0.5, 0.6) is 5.75 Å². The van der Waals surface area contributed by atoms with Crippen molar-refractivity contribution in [3.63, 3.8) is 0 Å². The van der Waals surface area contributed by atoms with Gasteiger partial charge in [-0.3, -0.25) is 4.79 Å². The summed E-state index contributed by atoms with van der Waals surface area (Å²) >= 11 is 0. The quantitative estimate of drug-likeness (QED) is 0.388. The molecule has 38 heavy (non-hydrogen) atoms. The van der Waals surface area contributed by atoms with Crippen molar-refractivity contribution in [1.29, 1.82) is 0 Å². The Bertz CT molecular complexity index is 1380. The van der Waals surface area contributed by atoms with Crippen LogP contribution in [-0.4, -0.2) is 42.3 Å². The number of benzene rings is 3. The van der Waals surface area contributed by atoms with Gasteiger partial charge in [-0.25, -0.2) is 12.8 Å². The van der Waals surface area contributed by atoms with Crippen LogP contribution in [0.15, 0.2) is 77.7 Å². The number of sulfonamides is 1. The van der Waals surface area contributed by atoms with Crippen LogP contribution in [0.2, 0.25) is 0 Å². The first-order valence-electron chi connectivity index (χ1n) is 11.8. The number of ketones is 1. The molecule has 0 amide bonds. The fourth-order valence-corrected chi connectivity index (χ4v) is 5.92. The molecule has 0 saturated carbocycles. The Hall–Kier alpha value is -3.28. The summed E-state index contributed by atoms with van der Waals surface area (Å²) in [5, 5.41) is 10.1. The van der Waals surface area contributed by atoms with Crippen LogP contribution in [0.1, 0.15) is 29.5 Å². The number of halogens is 4. The smallest absolute Gasteiger partial charge is 0.416 e. The zero-order valence-electron chi connectivity index (χ0n) is 20.1. The van der Waals surface area contributed by atoms with E-state index in [1.165, 1.54) is 12.1 Å². The van der Waals surface area contributed by atoms with Crippen molar-refractivity contribution in [2.24, 2.45) is 0 Å². The Balaban J connectivity index is 1.37. The third-order valence-electron chi connectivity index (χ3n) is 6.27. The lowest BCUT2D eigenvalue weighted by molar-refractivity contribution is -0.137. The predicted octanol–water partition coefficient (Wildman–Crippen LogP) is 4.75. The number of nitrogens with zero attached hydrogens (tertiary/aromatic N) is 1. The maximum atomic E-state index is 13.2. The van der Waals surface area contributed by atoms with Crippen LogP contribution < -0.4 is 4.74 Å². The van der Waals surface area contributed by atoms with Gasteiger partial charge in [0.15, 0.2) is 5.78 Å². The number of Topliss-reactive ketones (excluding diaryl/α,β-unsaturated/α-hetero) is 1. The topological polar surface area (TPSA) is 83.9 Å². The van der Waals surface area contributed by atoms with Crippen molar-refractivity contribution in [3.05, 3.63) is 95.3 Å². The second-order valence-electron chi connectivity index (χ2n) is 9.03. The highest BCUT2D eigenvalue weighted by molar-refractivity contribution is 7.89. The first-order valence-corrected chi connectivity index (χ1v) is 13.2. The minimum absolute atomic E-state index is 0.00911. The molecule has 3 aromatic rings. The van der Waals surface area contributed by atoms with Gasteiger partial charge >= 0.3 is 6.18 Å². The van der Waals surface area contributed by atoms with Crippen molar-refractivity contribution in [2.75, 3.05) is 6.54 Å². The molecule has 0 unspecified atom stereocenters. The van der Waals surface area contributed by atoms with E-state index in [-0.39, 0.29) is 43.1 Å². The first-order chi connectivity index (χ1) is 17.9. The van der Waals surface area contributed by atoms with E-state index in [0.29, 0.717) is 11.3 Å². The van der Waals surface area contributed by atoms with Crippen molar-refractivity contribution < 1.29 is 40.6 Å². The molecule has 4 rings (SSSR count). The molecule has 0 bridgehead atoms. The summed E-state index contributed by atoms with van der Waals surface area (Å²) in [6.45, 7) is -0.180. The molecule has 1 fully saturated rings. The van der Waals surface area contributed by atoms with Crippen LogP contribution in [0.25, 0.3) is 0 Å². The number of aliphatic hydroxyl groups excluding tert-OH is 1. The van der Waals surface area contributed by atoms with Crippen LogP contribution in [0, 0.1) is 5.82 Å². The summed E-state index contributed by atoms with van der Waals surface area (Å²) in [5.74, 6) is -0.487. The highest BCUT2D eigenvalue weighted by Gasteiger charge is 2.42. The number of aryl methyl sites for hydroxylation is 1. The van der Waals surface area contributed by atoms with E-state index >= 15 is 0 Å². The van der Waals surface area contributed by atoms with Gasteiger partial charge in [0.2, 0.25) is 10.0 Å². The van der Waals surface area contributed by atoms with Crippen LogP contribution in [-0.2, 0) is 34.0 Å². The molecule has 0 aliphatic carbocycles. The SMILES string of the molecule is O=C(CCc1cccc(OCc2ccc(C(F)(F)F)cc2)c1)[C@@H]1C[C@H](O)CN1S(=O)(=O)c1ccc(F)cc1. The number of carbonyl (C=O) groups excluding carboxylic acids is 1. The number of hydrogen-bond acceptors (Lipinski definition) is 5. The molecule has 1 aliphatic rings. The second kappa shape index (κ2) is 11.2. The lowest BCUT2D eigenvalue weighted by Gasteiger charge is -2.23. The number of β-amino-alcohol motifs (C(OH)–C–C–N with tert-alkyl or cyclic N) is 1.